The van der Waals surface area contributed by atoms with Crippen LogP contribution in [-0.2, 0) is 0 Å². The monoisotopic (exact) mass is 261 g/mol. The number of anilines is 1. The summed E-state index contributed by atoms with van der Waals surface area (Å²) in [4.78, 5) is 4.86. The molecule has 90 valence electrons. The van der Waals surface area contributed by atoms with E-state index in [2.05, 4.69) is 10.1 Å². The van der Waals surface area contributed by atoms with Crippen molar-refractivity contribution in [2.75, 3.05) is 5.73 Å². The predicted molar refractivity (Wildman–Crippen MR) is 67.4 cm³/mol. The number of thiophene rings is 1. The predicted octanol–water partition coefficient (Wildman–Crippen LogP) is 3.19. The van der Waals surface area contributed by atoms with Crippen molar-refractivity contribution < 1.29 is 8.91 Å². The Kier molecular flexibility index (Phi) is 2.56. The normalized spacial score (nSPS) is 10.7. The standard InChI is InChI=1S/C12H8FN3OS/c13-8-4-2-1-3-7(8)11-15-12(17-16-11)10-9(14)5-6-18-10/h1-6H,14H2. The molecule has 0 fully saturated rings. The van der Waals surface area contributed by atoms with E-state index in [9.17, 15) is 4.39 Å². The second-order valence-electron chi connectivity index (χ2n) is 3.61. The summed E-state index contributed by atoms with van der Waals surface area (Å²) in [6.07, 6.45) is 0. The molecule has 0 aliphatic carbocycles. The molecule has 0 saturated heterocycles. The van der Waals surface area contributed by atoms with Gasteiger partial charge in [0.05, 0.1) is 11.3 Å². The van der Waals surface area contributed by atoms with E-state index in [1.54, 1.807) is 24.3 Å². The minimum absolute atomic E-state index is 0.218. The number of nitrogen functional groups attached to an aromatic ring is 1. The maximum Gasteiger partial charge on any atom is 0.270 e. The van der Waals surface area contributed by atoms with E-state index in [4.69, 9.17) is 10.3 Å². The van der Waals surface area contributed by atoms with E-state index in [1.807, 2.05) is 5.38 Å². The van der Waals surface area contributed by atoms with Gasteiger partial charge in [-0.05, 0) is 23.6 Å². The van der Waals surface area contributed by atoms with Crippen LogP contribution in [-0.4, -0.2) is 10.1 Å². The lowest BCUT2D eigenvalue weighted by Gasteiger charge is -1.94. The van der Waals surface area contributed by atoms with Crippen LogP contribution in [0.2, 0.25) is 0 Å². The molecule has 3 aromatic rings. The lowest BCUT2D eigenvalue weighted by atomic mass is 10.2. The van der Waals surface area contributed by atoms with Crippen LogP contribution in [0.1, 0.15) is 0 Å². The molecule has 2 heterocycles. The maximum absolute atomic E-state index is 13.6. The number of aromatic nitrogens is 2. The quantitative estimate of drug-likeness (QED) is 0.769. The zero-order valence-electron chi connectivity index (χ0n) is 9.13. The minimum atomic E-state index is -0.385. The van der Waals surface area contributed by atoms with Crippen molar-refractivity contribution in [1.82, 2.24) is 10.1 Å². The second-order valence-corrected chi connectivity index (χ2v) is 4.52. The molecule has 3 rings (SSSR count). The van der Waals surface area contributed by atoms with Crippen LogP contribution in [0.5, 0.6) is 0 Å². The second kappa shape index (κ2) is 4.23. The van der Waals surface area contributed by atoms with Crippen molar-refractivity contribution in [2.24, 2.45) is 0 Å². The smallest absolute Gasteiger partial charge is 0.270 e. The van der Waals surface area contributed by atoms with Crippen molar-refractivity contribution in [3.8, 4) is 22.2 Å². The van der Waals surface area contributed by atoms with Gasteiger partial charge in [0, 0.05) is 0 Å². The molecule has 2 N–H and O–H groups in total. The molecule has 4 nitrogen and oxygen atoms in total. The summed E-state index contributed by atoms with van der Waals surface area (Å²) in [5.41, 5.74) is 6.64. The van der Waals surface area contributed by atoms with Crippen molar-refractivity contribution in [3.05, 3.63) is 41.5 Å². The summed E-state index contributed by atoms with van der Waals surface area (Å²) >= 11 is 1.40. The number of nitrogens with zero attached hydrogens (tertiary/aromatic N) is 2. The minimum Gasteiger partial charge on any atom is -0.397 e. The van der Waals surface area contributed by atoms with Gasteiger partial charge in [0.1, 0.15) is 10.7 Å². The summed E-state index contributed by atoms with van der Waals surface area (Å²) in [5, 5.41) is 5.60. The summed E-state index contributed by atoms with van der Waals surface area (Å²) < 4.78 is 18.7. The van der Waals surface area contributed by atoms with Crippen LogP contribution in [0, 0.1) is 5.82 Å². The molecule has 0 amide bonds. The Morgan fingerprint density at radius 1 is 1.22 bits per heavy atom. The SMILES string of the molecule is Nc1ccsc1-c1nc(-c2ccccc2F)no1. The Hall–Kier alpha value is -2.21. The third kappa shape index (κ3) is 1.76. The Balaban J connectivity index is 2.05. The number of benzene rings is 1. The van der Waals surface area contributed by atoms with E-state index < -0.39 is 0 Å². The van der Waals surface area contributed by atoms with Crippen molar-refractivity contribution in [2.45, 2.75) is 0 Å². The number of nitrogens with two attached hydrogens (primary N) is 1. The van der Waals surface area contributed by atoms with Gasteiger partial charge in [0.15, 0.2) is 0 Å². The summed E-state index contributed by atoms with van der Waals surface area (Å²) in [5.74, 6) is 0.139. The van der Waals surface area contributed by atoms with Crippen LogP contribution in [0.15, 0.2) is 40.2 Å². The molecule has 0 spiro atoms. The van der Waals surface area contributed by atoms with E-state index in [-0.39, 0.29) is 11.6 Å². The maximum atomic E-state index is 13.6. The average Bonchev–Trinajstić information content (AvgIpc) is 2.98. The van der Waals surface area contributed by atoms with Crippen LogP contribution < -0.4 is 5.73 Å². The van der Waals surface area contributed by atoms with E-state index in [1.165, 1.54) is 17.4 Å². The van der Waals surface area contributed by atoms with Gasteiger partial charge in [-0.3, -0.25) is 0 Å². The van der Waals surface area contributed by atoms with E-state index in [0.717, 1.165) is 0 Å². The zero-order valence-corrected chi connectivity index (χ0v) is 9.95. The van der Waals surface area contributed by atoms with Gasteiger partial charge in [0.25, 0.3) is 5.89 Å². The summed E-state index contributed by atoms with van der Waals surface area (Å²) in [6.45, 7) is 0. The molecule has 0 radical (unpaired) electrons. The third-order valence-corrected chi connectivity index (χ3v) is 3.35. The molecule has 0 atom stereocenters. The molecule has 0 aliphatic rings. The topological polar surface area (TPSA) is 64.9 Å². The molecule has 0 saturated carbocycles. The zero-order chi connectivity index (χ0) is 12.5. The van der Waals surface area contributed by atoms with Gasteiger partial charge in [-0.2, -0.15) is 4.98 Å². The van der Waals surface area contributed by atoms with Crippen LogP contribution in [0.3, 0.4) is 0 Å². The van der Waals surface area contributed by atoms with Crippen LogP contribution in [0.4, 0.5) is 10.1 Å². The highest BCUT2D eigenvalue weighted by Gasteiger charge is 2.15. The van der Waals surface area contributed by atoms with E-state index in [0.29, 0.717) is 22.0 Å². The van der Waals surface area contributed by atoms with Crippen molar-refractivity contribution in [1.29, 1.82) is 0 Å². The first kappa shape index (κ1) is 10.9. The van der Waals surface area contributed by atoms with Gasteiger partial charge >= 0.3 is 0 Å². The van der Waals surface area contributed by atoms with Crippen LogP contribution in [0.25, 0.3) is 22.2 Å². The van der Waals surface area contributed by atoms with Crippen LogP contribution >= 0.6 is 11.3 Å². The highest BCUT2D eigenvalue weighted by atomic mass is 32.1. The van der Waals surface area contributed by atoms with Gasteiger partial charge in [-0.1, -0.05) is 17.3 Å². The third-order valence-electron chi connectivity index (χ3n) is 2.43. The molecular weight excluding hydrogens is 253 g/mol. The number of hydrogen-bond acceptors (Lipinski definition) is 5. The van der Waals surface area contributed by atoms with Gasteiger partial charge in [-0.15, -0.1) is 11.3 Å². The first-order valence-corrected chi connectivity index (χ1v) is 6.05. The number of hydrogen-bond donors (Lipinski definition) is 1. The fraction of sp³-hybridized carbons (Fsp3) is 0. The average molecular weight is 261 g/mol. The molecule has 2 aromatic heterocycles. The number of rotatable bonds is 2. The largest absolute Gasteiger partial charge is 0.397 e. The molecule has 0 bridgehead atoms. The Bertz CT molecular complexity index is 692. The van der Waals surface area contributed by atoms with Gasteiger partial charge < -0.3 is 10.3 Å². The Morgan fingerprint density at radius 2 is 2.06 bits per heavy atom. The molecule has 6 heteroatoms. The van der Waals surface area contributed by atoms with Gasteiger partial charge in [0.2, 0.25) is 5.82 Å². The lowest BCUT2D eigenvalue weighted by Crippen LogP contribution is -1.86. The van der Waals surface area contributed by atoms with Gasteiger partial charge in [-0.25, -0.2) is 4.39 Å². The summed E-state index contributed by atoms with van der Waals surface area (Å²) in [7, 11) is 0. The Morgan fingerprint density at radius 3 is 2.78 bits per heavy atom. The fourth-order valence-corrected chi connectivity index (χ4v) is 2.30. The number of halogens is 1. The molecule has 1 aromatic carbocycles. The first-order chi connectivity index (χ1) is 8.75. The van der Waals surface area contributed by atoms with E-state index >= 15 is 0 Å². The summed E-state index contributed by atoms with van der Waals surface area (Å²) in [6, 6.07) is 8.03. The first-order valence-electron chi connectivity index (χ1n) is 5.17. The molecule has 18 heavy (non-hydrogen) atoms. The highest BCUT2D eigenvalue weighted by Crippen LogP contribution is 2.31. The van der Waals surface area contributed by atoms with Crippen molar-refractivity contribution in [3.63, 3.8) is 0 Å². The molecule has 0 unspecified atom stereocenters. The molecular formula is C12H8FN3OS. The highest BCUT2D eigenvalue weighted by molar-refractivity contribution is 7.14. The van der Waals surface area contributed by atoms with Crippen molar-refractivity contribution >= 4 is 17.0 Å². The Labute approximate surface area is 106 Å². The molecule has 0 aliphatic heterocycles. The lowest BCUT2D eigenvalue weighted by molar-refractivity contribution is 0.433. The fourth-order valence-electron chi connectivity index (χ4n) is 1.56.